The van der Waals surface area contributed by atoms with Crippen LogP contribution in [0.1, 0.15) is 0 Å². The normalized spacial score (nSPS) is 12.7. The van der Waals surface area contributed by atoms with E-state index in [2.05, 4.69) is 128 Å². The Hall–Kier alpha value is -6.23. The van der Waals surface area contributed by atoms with Crippen LogP contribution >= 0.6 is 0 Å². The average Bonchev–Trinajstić information content (AvgIpc) is 3.45. The summed E-state index contributed by atoms with van der Waals surface area (Å²) in [6.07, 6.45) is 0. The summed E-state index contributed by atoms with van der Waals surface area (Å²) in [5, 5.41) is 3.08. The maximum absolute atomic E-state index is 4.89. The molecule has 1 aliphatic heterocycles. The number of hydrogen-bond acceptors (Lipinski definition) is 3. The van der Waals surface area contributed by atoms with Crippen LogP contribution in [0.5, 0.6) is 0 Å². The zero-order chi connectivity index (χ0) is 34.4. The number of hydrogen-bond donors (Lipinski definition) is 0. The van der Waals surface area contributed by atoms with Gasteiger partial charge in [-0.1, -0.05) is 189 Å². The molecule has 0 bridgehead atoms. The number of benzene rings is 7. The van der Waals surface area contributed by atoms with Gasteiger partial charge in [0, 0.05) is 16.7 Å². The molecule has 0 fully saturated rings. The quantitative estimate of drug-likeness (QED) is 0.165. The second kappa shape index (κ2) is 12.6. The van der Waals surface area contributed by atoms with E-state index in [0.29, 0.717) is 17.5 Å². The molecule has 0 amide bonds. The minimum atomic E-state index is -1.70. The first-order valence-electron chi connectivity index (χ1n) is 17.4. The number of rotatable bonds is 6. The highest BCUT2D eigenvalue weighted by Gasteiger charge is 2.38. The molecule has 7 aromatic carbocycles. The van der Waals surface area contributed by atoms with Gasteiger partial charge < -0.3 is 0 Å². The van der Waals surface area contributed by atoms with Crippen LogP contribution < -0.4 is 10.4 Å². The number of nitrogens with zero attached hydrogens (tertiary/aromatic N) is 3. The molecule has 0 saturated carbocycles. The van der Waals surface area contributed by atoms with Crippen LogP contribution in [0.25, 0.3) is 78.7 Å². The Morgan fingerprint density at radius 2 is 0.647 bits per heavy atom. The Balaban J connectivity index is 0.977. The van der Waals surface area contributed by atoms with E-state index < -0.39 is 8.07 Å². The number of fused-ring (bicyclic) bond motifs is 3. The smallest absolute Gasteiger partial charge is 0.164 e. The van der Waals surface area contributed by atoms with Crippen LogP contribution in [0, 0.1) is 0 Å². The summed E-state index contributed by atoms with van der Waals surface area (Å²) >= 11 is 0. The molecule has 1 aromatic heterocycles. The van der Waals surface area contributed by atoms with Crippen LogP contribution in [0.2, 0.25) is 13.1 Å². The van der Waals surface area contributed by atoms with E-state index in [9.17, 15) is 0 Å². The highest BCUT2D eigenvalue weighted by molar-refractivity contribution is 7.04. The van der Waals surface area contributed by atoms with Gasteiger partial charge in [0.25, 0.3) is 0 Å². The van der Waals surface area contributed by atoms with Crippen LogP contribution in [0.15, 0.2) is 176 Å². The fourth-order valence-electron chi connectivity index (χ4n) is 7.44. The molecular weight excluding hydrogens is 635 g/mol. The Kier molecular flexibility index (Phi) is 7.60. The van der Waals surface area contributed by atoms with Gasteiger partial charge in [0.2, 0.25) is 0 Å². The molecule has 0 radical (unpaired) electrons. The molecule has 2 heterocycles. The zero-order valence-electron chi connectivity index (χ0n) is 28.6. The van der Waals surface area contributed by atoms with E-state index in [-0.39, 0.29) is 0 Å². The lowest BCUT2D eigenvalue weighted by atomic mass is 9.93. The third-order valence-corrected chi connectivity index (χ3v) is 13.7. The van der Waals surface area contributed by atoms with Crippen molar-refractivity contribution in [2.75, 3.05) is 0 Å². The van der Waals surface area contributed by atoms with Crippen LogP contribution in [-0.4, -0.2) is 23.0 Å². The van der Waals surface area contributed by atoms with Crippen molar-refractivity contribution in [2.24, 2.45) is 0 Å². The van der Waals surface area contributed by atoms with Gasteiger partial charge >= 0.3 is 0 Å². The summed E-state index contributed by atoms with van der Waals surface area (Å²) in [6.45, 7) is 4.95. The molecule has 0 atom stereocenters. The lowest BCUT2D eigenvalue weighted by Crippen LogP contribution is -2.49. The van der Waals surface area contributed by atoms with Crippen LogP contribution in [0.4, 0.5) is 0 Å². The first kappa shape index (κ1) is 30.8. The molecule has 242 valence electrons. The molecule has 0 saturated heterocycles. The van der Waals surface area contributed by atoms with Crippen molar-refractivity contribution < 1.29 is 0 Å². The standard InChI is InChI=1S/C47H35N3Si/c1-51(2)42-18-10-9-16-41(42)44-40(17-11-19-43(44)51)36-28-24-34(25-29-36)32-20-22-33(23-21-32)35-26-30-39(31-27-35)47-49-45(37-12-5-3-6-13-37)48-46(50-47)38-14-7-4-8-15-38/h3-31H,1-2H3. The largest absolute Gasteiger partial charge is 0.208 e. The molecule has 4 heteroatoms. The van der Waals surface area contributed by atoms with E-state index in [1.54, 1.807) is 5.19 Å². The van der Waals surface area contributed by atoms with Crippen molar-refractivity contribution in [1.82, 2.24) is 15.0 Å². The molecule has 8 aromatic rings. The van der Waals surface area contributed by atoms with E-state index in [1.165, 1.54) is 38.6 Å². The van der Waals surface area contributed by atoms with Gasteiger partial charge in [-0.25, -0.2) is 15.0 Å². The molecule has 51 heavy (non-hydrogen) atoms. The van der Waals surface area contributed by atoms with Crippen LogP contribution in [0.3, 0.4) is 0 Å². The predicted octanol–water partition coefficient (Wildman–Crippen LogP) is 10.7. The Labute approximate surface area is 300 Å². The van der Waals surface area contributed by atoms with Gasteiger partial charge in [-0.05, 0) is 54.9 Å². The maximum Gasteiger partial charge on any atom is 0.164 e. The summed E-state index contributed by atoms with van der Waals surface area (Å²) in [5.41, 5.74) is 13.0. The molecule has 0 spiro atoms. The fourth-order valence-corrected chi connectivity index (χ4v) is 10.5. The molecule has 0 unspecified atom stereocenters. The summed E-state index contributed by atoms with van der Waals surface area (Å²) in [6, 6.07) is 62.4. The monoisotopic (exact) mass is 669 g/mol. The van der Waals surface area contributed by atoms with Crippen molar-refractivity contribution in [2.45, 2.75) is 13.1 Å². The van der Waals surface area contributed by atoms with Gasteiger partial charge in [-0.3, -0.25) is 0 Å². The van der Waals surface area contributed by atoms with Crippen molar-refractivity contribution >= 4 is 18.4 Å². The lowest BCUT2D eigenvalue weighted by molar-refractivity contribution is 1.07. The summed E-state index contributed by atoms with van der Waals surface area (Å²) in [4.78, 5) is 14.6. The zero-order valence-corrected chi connectivity index (χ0v) is 29.6. The topological polar surface area (TPSA) is 38.7 Å². The van der Waals surface area contributed by atoms with E-state index >= 15 is 0 Å². The fraction of sp³-hybridized carbons (Fsp3) is 0.0426. The van der Waals surface area contributed by atoms with Gasteiger partial charge in [-0.2, -0.15) is 0 Å². The molecule has 0 N–H and O–H groups in total. The summed E-state index contributed by atoms with van der Waals surface area (Å²) in [5.74, 6) is 1.98. The minimum Gasteiger partial charge on any atom is -0.208 e. The SMILES string of the molecule is C[Si]1(C)c2ccccc2-c2c(-c3ccc(-c4ccc(-c5ccc(-c6nc(-c7ccccc7)nc(-c7ccccc7)n6)cc5)cc4)cc3)cccc21. The maximum atomic E-state index is 4.89. The summed E-state index contributed by atoms with van der Waals surface area (Å²) in [7, 11) is -1.70. The first-order valence-corrected chi connectivity index (χ1v) is 20.4. The highest BCUT2D eigenvalue weighted by Crippen LogP contribution is 2.37. The molecular formula is C47H35N3Si. The molecule has 9 rings (SSSR count). The van der Waals surface area contributed by atoms with Gasteiger partial charge in [0.05, 0.1) is 0 Å². The Bertz CT molecular complexity index is 2450. The Morgan fingerprint density at radius 1 is 0.294 bits per heavy atom. The molecule has 1 aliphatic rings. The second-order valence-electron chi connectivity index (χ2n) is 13.7. The van der Waals surface area contributed by atoms with Crippen molar-refractivity contribution in [3.63, 3.8) is 0 Å². The van der Waals surface area contributed by atoms with Gasteiger partial charge in [0.15, 0.2) is 17.5 Å². The first-order chi connectivity index (χ1) is 25.0. The van der Waals surface area contributed by atoms with Gasteiger partial charge in [-0.15, -0.1) is 0 Å². The minimum absolute atomic E-state index is 0.656. The van der Waals surface area contributed by atoms with E-state index in [1.807, 2.05) is 60.7 Å². The van der Waals surface area contributed by atoms with E-state index in [4.69, 9.17) is 15.0 Å². The van der Waals surface area contributed by atoms with Gasteiger partial charge in [0.1, 0.15) is 8.07 Å². The molecule has 3 nitrogen and oxygen atoms in total. The van der Waals surface area contributed by atoms with Crippen molar-refractivity contribution in [1.29, 1.82) is 0 Å². The summed E-state index contributed by atoms with van der Waals surface area (Å²) < 4.78 is 0. The lowest BCUT2D eigenvalue weighted by Gasteiger charge is -2.19. The highest BCUT2D eigenvalue weighted by atomic mass is 28.3. The van der Waals surface area contributed by atoms with E-state index in [0.717, 1.165) is 27.8 Å². The molecule has 0 aliphatic carbocycles. The third kappa shape index (κ3) is 5.60. The Morgan fingerprint density at radius 3 is 1.14 bits per heavy atom. The predicted molar refractivity (Wildman–Crippen MR) is 215 cm³/mol. The van der Waals surface area contributed by atoms with Crippen LogP contribution in [-0.2, 0) is 0 Å². The van der Waals surface area contributed by atoms with Crippen molar-refractivity contribution in [3.05, 3.63) is 176 Å². The average molecular weight is 670 g/mol. The third-order valence-electron chi connectivity index (χ3n) is 10.2. The second-order valence-corrected chi connectivity index (χ2v) is 18.0. The number of aromatic nitrogens is 3. The van der Waals surface area contributed by atoms with Crippen molar-refractivity contribution in [3.8, 4) is 78.7 Å².